The summed E-state index contributed by atoms with van der Waals surface area (Å²) in [5, 5.41) is 9.02. The number of aromatic carboxylic acids is 1. The van der Waals surface area contributed by atoms with E-state index in [0.29, 0.717) is 12.0 Å². The van der Waals surface area contributed by atoms with Crippen molar-refractivity contribution < 1.29 is 9.90 Å². The van der Waals surface area contributed by atoms with Gasteiger partial charge in [-0.1, -0.05) is 0 Å². The van der Waals surface area contributed by atoms with Crippen LogP contribution < -0.4 is 0 Å². The molecule has 1 fully saturated rings. The molecule has 0 bridgehead atoms. The second-order valence-corrected chi connectivity index (χ2v) is 5.73. The number of hydrogen-bond donors (Lipinski definition) is 1. The first kappa shape index (κ1) is 13.1. The summed E-state index contributed by atoms with van der Waals surface area (Å²) in [5.74, 6) is -0.459. The number of likely N-dealkylation sites (tertiary alicyclic amines) is 1. The van der Waals surface area contributed by atoms with Crippen LogP contribution in [-0.4, -0.2) is 44.5 Å². The number of aromatic nitrogens is 2. The van der Waals surface area contributed by atoms with Gasteiger partial charge in [0.1, 0.15) is 5.65 Å². The van der Waals surface area contributed by atoms with Crippen molar-refractivity contribution in [3.63, 3.8) is 0 Å². The third-order valence-corrected chi connectivity index (χ3v) is 4.08. The Morgan fingerprint density at radius 1 is 1.40 bits per heavy atom. The van der Waals surface area contributed by atoms with Gasteiger partial charge in [0.2, 0.25) is 0 Å². The monoisotopic (exact) mass is 273 g/mol. The Labute approximate surface area is 117 Å². The van der Waals surface area contributed by atoms with Crippen molar-refractivity contribution in [1.29, 1.82) is 0 Å². The molecule has 0 spiro atoms. The number of carboxylic acids is 1. The minimum atomic E-state index is -0.908. The Balaban J connectivity index is 1.88. The average molecular weight is 273 g/mol. The Morgan fingerprint density at radius 2 is 2.20 bits per heavy atom. The molecule has 1 unspecified atom stereocenters. The second kappa shape index (κ2) is 4.90. The standard InChI is InChI=1S/C15H19N3O2/c1-10(2)17-6-5-11(7-17)13-9-18-8-12(15(19)20)3-4-14(18)16-13/h3-4,8-11H,5-7H2,1-2H3,(H,19,20). The molecule has 3 rings (SSSR count). The normalized spacial score (nSPS) is 20.1. The summed E-state index contributed by atoms with van der Waals surface area (Å²) < 4.78 is 1.82. The van der Waals surface area contributed by atoms with Crippen molar-refractivity contribution in [2.75, 3.05) is 13.1 Å². The first-order valence-electron chi connectivity index (χ1n) is 7.00. The van der Waals surface area contributed by atoms with Crippen molar-refractivity contribution in [3.8, 4) is 0 Å². The van der Waals surface area contributed by atoms with Crippen LogP contribution in [0.2, 0.25) is 0 Å². The Morgan fingerprint density at radius 3 is 2.85 bits per heavy atom. The molecule has 1 aliphatic heterocycles. The summed E-state index contributed by atoms with van der Waals surface area (Å²) >= 11 is 0. The van der Waals surface area contributed by atoms with Crippen LogP contribution in [0.5, 0.6) is 0 Å². The van der Waals surface area contributed by atoms with Crippen LogP contribution in [0.4, 0.5) is 0 Å². The summed E-state index contributed by atoms with van der Waals surface area (Å²) in [5.41, 5.74) is 2.17. The van der Waals surface area contributed by atoms with Gasteiger partial charge in [-0.25, -0.2) is 9.78 Å². The summed E-state index contributed by atoms with van der Waals surface area (Å²) in [6.07, 6.45) is 4.72. The molecule has 1 atom stereocenters. The summed E-state index contributed by atoms with van der Waals surface area (Å²) in [6, 6.07) is 3.93. The highest BCUT2D eigenvalue weighted by Crippen LogP contribution is 2.28. The van der Waals surface area contributed by atoms with E-state index < -0.39 is 5.97 Å². The zero-order valence-corrected chi connectivity index (χ0v) is 11.8. The topological polar surface area (TPSA) is 57.8 Å². The van der Waals surface area contributed by atoms with Crippen molar-refractivity contribution in [1.82, 2.24) is 14.3 Å². The van der Waals surface area contributed by atoms with Gasteiger partial charge in [0.15, 0.2) is 0 Å². The minimum absolute atomic E-state index is 0.289. The fourth-order valence-corrected chi connectivity index (χ4v) is 2.83. The average Bonchev–Trinajstić information content (AvgIpc) is 3.04. The molecule has 1 N–H and O–H groups in total. The molecule has 2 aromatic rings. The maximum atomic E-state index is 11.0. The van der Waals surface area contributed by atoms with Gasteiger partial charge >= 0.3 is 5.97 Å². The lowest BCUT2D eigenvalue weighted by Gasteiger charge is -2.19. The van der Waals surface area contributed by atoms with E-state index in [1.54, 1.807) is 18.3 Å². The molecule has 5 nitrogen and oxygen atoms in total. The molecule has 5 heteroatoms. The van der Waals surface area contributed by atoms with Crippen LogP contribution >= 0.6 is 0 Å². The number of imidazole rings is 1. The smallest absolute Gasteiger partial charge is 0.337 e. The highest BCUT2D eigenvalue weighted by molar-refractivity contribution is 5.87. The summed E-state index contributed by atoms with van der Waals surface area (Å²) in [7, 11) is 0. The molecular weight excluding hydrogens is 254 g/mol. The molecule has 0 amide bonds. The Kier molecular flexibility index (Phi) is 3.22. The molecule has 0 aromatic carbocycles. The van der Waals surface area contributed by atoms with Crippen LogP contribution in [0.1, 0.15) is 42.2 Å². The lowest BCUT2D eigenvalue weighted by Crippen LogP contribution is -2.27. The predicted molar refractivity (Wildman–Crippen MR) is 76.2 cm³/mol. The van der Waals surface area contributed by atoms with Crippen LogP contribution in [-0.2, 0) is 0 Å². The molecular formula is C15H19N3O2. The fraction of sp³-hybridized carbons (Fsp3) is 0.467. The van der Waals surface area contributed by atoms with E-state index in [9.17, 15) is 4.79 Å². The van der Waals surface area contributed by atoms with Gasteiger partial charge in [0.25, 0.3) is 0 Å². The quantitative estimate of drug-likeness (QED) is 0.931. The van der Waals surface area contributed by atoms with Crippen molar-refractivity contribution >= 4 is 11.6 Å². The molecule has 0 radical (unpaired) electrons. The second-order valence-electron chi connectivity index (χ2n) is 5.73. The minimum Gasteiger partial charge on any atom is -0.478 e. The molecule has 0 saturated carbocycles. The lowest BCUT2D eigenvalue weighted by molar-refractivity contribution is 0.0696. The molecule has 106 valence electrons. The van der Waals surface area contributed by atoms with Gasteiger partial charge in [-0.2, -0.15) is 0 Å². The maximum absolute atomic E-state index is 11.0. The van der Waals surface area contributed by atoms with Crippen LogP contribution in [0.15, 0.2) is 24.5 Å². The predicted octanol–water partition coefficient (Wildman–Crippen LogP) is 2.23. The van der Waals surface area contributed by atoms with Gasteiger partial charge in [-0.15, -0.1) is 0 Å². The highest BCUT2D eigenvalue weighted by Gasteiger charge is 2.27. The van der Waals surface area contributed by atoms with Crippen molar-refractivity contribution in [2.45, 2.75) is 32.2 Å². The maximum Gasteiger partial charge on any atom is 0.337 e. The van der Waals surface area contributed by atoms with Crippen LogP contribution in [0.25, 0.3) is 5.65 Å². The first-order chi connectivity index (χ1) is 9.54. The SMILES string of the molecule is CC(C)N1CCC(c2cn3cc(C(=O)O)ccc3n2)C1. The van der Waals surface area contributed by atoms with Crippen LogP contribution in [0.3, 0.4) is 0 Å². The highest BCUT2D eigenvalue weighted by atomic mass is 16.4. The van der Waals surface area contributed by atoms with Crippen molar-refractivity contribution in [2.24, 2.45) is 0 Å². The number of nitrogens with zero attached hydrogens (tertiary/aromatic N) is 3. The van der Waals surface area contributed by atoms with Crippen molar-refractivity contribution in [3.05, 3.63) is 35.8 Å². The number of fused-ring (bicyclic) bond motifs is 1. The van der Waals surface area contributed by atoms with E-state index >= 15 is 0 Å². The Bertz CT molecular complexity index is 648. The fourth-order valence-electron chi connectivity index (χ4n) is 2.83. The van der Waals surface area contributed by atoms with Gasteiger partial charge in [0, 0.05) is 30.9 Å². The van der Waals surface area contributed by atoms with E-state index in [1.807, 2.05) is 10.6 Å². The number of hydrogen-bond acceptors (Lipinski definition) is 3. The molecule has 2 aromatic heterocycles. The van der Waals surface area contributed by atoms with Gasteiger partial charge in [-0.05, 0) is 38.9 Å². The molecule has 1 saturated heterocycles. The number of carboxylic acid groups (broad SMARTS) is 1. The number of carbonyl (C=O) groups is 1. The molecule has 20 heavy (non-hydrogen) atoms. The lowest BCUT2D eigenvalue weighted by atomic mass is 10.1. The van der Waals surface area contributed by atoms with Gasteiger partial charge in [-0.3, -0.25) is 0 Å². The molecule has 0 aliphatic carbocycles. The number of pyridine rings is 1. The van der Waals surface area contributed by atoms with E-state index in [2.05, 4.69) is 23.7 Å². The molecule has 3 heterocycles. The van der Waals surface area contributed by atoms with E-state index in [-0.39, 0.29) is 5.56 Å². The first-order valence-corrected chi connectivity index (χ1v) is 7.00. The van der Waals surface area contributed by atoms with E-state index in [0.717, 1.165) is 30.9 Å². The molecule has 1 aliphatic rings. The van der Waals surface area contributed by atoms with E-state index in [4.69, 9.17) is 5.11 Å². The summed E-state index contributed by atoms with van der Waals surface area (Å²) in [6.45, 7) is 6.57. The zero-order chi connectivity index (χ0) is 14.3. The van der Waals surface area contributed by atoms with Gasteiger partial charge in [0.05, 0.1) is 11.3 Å². The third-order valence-electron chi connectivity index (χ3n) is 4.08. The van der Waals surface area contributed by atoms with E-state index in [1.165, 1.54) is 0 Å². The van der Waals surface area contributed by atoms with Crippen LogP contribution in [0, 0.1) is 0 Å². The largest absolute Gasteiger partial charge is 0.478 e. The summed E-state index contributed by atoms with van der Waals surface area (Å²) in [4.78, 5) is 18.1. The number of rotatable bonds is 3. The van der Waals surface area contributed by atoms with Gasteiger partial charge < -0.3 is 14.4 Å². The Hall–Kier alpha value is -1.88. The third kappa shape index (κ3) is 2.29. The zero-order valence-electron chi connectivity index (χ0n) is 11.8.